The van der Waals surface area contributed by atoms with Gasteiger partial charge in [-0.25, -0.2) is 4.79 Å². The fraction of sp³-hybridized carbons (Fsp3) is 0.600. The third kappa shape index (κ3) is 2.20. The number of H-pyrrole nitrogens is 1. The summed E-state index contributed by atoms with van der Waals surface area (Å²) in [5.74, 6) is -3.77. The van der Waals surface area contributed by atoms with Crippen molar-refractivity contribution in [3.63, 3.8) is 0 Å². The van der Waals surface area contributed by atoms with Crippen molar-refractivity contribution in [1.29, 1.82) is 0 Å². The second kappa shape index (κ2) is 4.51. The summed E-state index contributed by atoms with van der Waals surface area (Å²) in [6.45, 7) is 1.18. The van der Waals surface area contributed by atoms with Gasteiger partial charge in [-0.3, -0.25) is 14.3 Å². The van der Waals surface area contributed by atoms with Crippen LogP contribution in [0.3, 0.4) is 0 Å². The van der Waals surface area contributed by atoms with Crippen LogP contribution < -0.4 is 11.2 Å². The van der Waals surface area contributed by atoms with Crippen molar-refractivity contribution >= 4 is 0 Å². The van der Waals surface area contributed by atoms with Gasteiger partial charge in [0.05, 0.1) is 6.10 Å². The summed E-state index contributed by atoms with van der Waals surface area (Å²) < 4.78 is 33.0. The van der Waals surface area contributed by atoms with Crippen molar-refractivity contribution in [3.05, 3.63) is 33.1 Å². The highest BCUT2D eigenvalue weighted by Crippen LogP contribution is 2.42. The first-order chi connectivity index (χ1) is 8.75. The highest BCUT2D eigenvalue weighted by molar-refractivity contribution is 4.99. The lowest BCUT2D eigenvalue weighted by Crippen LogP contribution is -2.43. The lowest BCUT2D eigenvalue weighted by atomic mass is 10.1. The van der Waals surface area contributed by atoms with E-state index >= 15 is 0 Å². The minimum atomic E-state index is -3.77. The topological polar surface area (TPSA) is 105 Å². The third-order valence-electron chi connectivity index (χ3n) is 2.90. The van der Waals surface area contributed by atoms with E-state index < -0.39 is 41.7 Å². The molecule has 4 atom stereocenters. The van der Waals surface area contributed by atoms with Crippen LogP contribution in [0.25, 0.3) is 0 Å². The maximum absolute atomic E-state index is 13.8. The van der Waals surface area contributed by atoms with Gasteiger partial charge in [0.15, 0.2) is 6.10 Å². The van der Waals surface area contributed by atoms with Gasteiger partial charge in [-0.15, -0.1) is 0 Å². The van der Waals surface area contributed by atoms with Crippen LogP contribution in [0.5, 0.6) is 0 Å². The number of nitrogens with zero attached hydrogens (tertiary/aromatic N) is 1. The number of aromatic nitrogens is 2. The second-order valence-electron chi connectivity index (χ2n) is 4.33. The van der Waals surface area contributed by atoms with Crippen molar-refractivity contribution in [2.24, 2.45) is 0 Å². The van der Waals surface area contributed by atoms with E-state index in [0.717, 1.165) is 12.3 Å². The van der Waals surface area contributed by atoms with Gasteiger partial charge in [0.25, 0.3) is 5.56 Å². The van der Waals surface area contributed by atoms with Crippen LogP contribution >= 0.6 is 0 Å². The Morgan fingerprint density at radius 1 is 1.53 bits per heavy atom. The fourth-order valence-electron chi connectivity index (χ4n) is 1.92. The van der Waals surface area contributed by atoms with Gasteiger partial charge < -0.3 is 14.9 Å². The number of hydrogen-bond acceptors (Lipinski definition) is 5. The fourth-order valence-corrected chi connectivity index (χ4v) is 1.92. The van der Waals surface area contributed by atoms with Crippen LogP contribution in [0.2, 0.25) is 0 Å². The molecule has 0 aromatic carbocycles. The molecule has 1 saturated heterocycles. The number of hydrogen-bond donors (Lipinski definition) is 3. The van der Waals surface area contributed by atoms with Gasteiger partial charge >= 0.3 is 11.6 Å². The van der Waals surface area contributed by atoms with Gasteiger partial charge in [0.1, 0.15) is 6.10 Å². The van der Waals surface area contributed by atoms with E-state index in [4.69, 9.17) is 4.74 Å². The molecule has 0 saturated carbocycles. The molecule has 19 heavy (non-hydrogen) atoms. The molecule has 1 fully saturated rings. The molecule has 1 aliphatic heterocycles. The van der Waals surface area contributed by atoms with Crippen LogP contribution in [-0.2, 0) is 4.74 Å². The highest BCUT2D eigenvalue weighted by atomic mass is 19.3. The van der Waals surface area contributed by atoms with Crippen LogP contribution in [0.15, 0.2) is 21.9 Å². The summed E-state index contributed by atoms with van der Waals surface area (Å²) in [7, 11) is 0. The van der Waals surface area contributed by atoms with E-state index in [1.807, 2.05) is 0 Å². The molecule has 2 rings (SSSR count). The average molecular weight is 278 g/mol. The van der Waals surface area contributed by atoms with Crippen molar-refractivity contribution in [1.82, 2.24) is 9.55 Å². The summed E-state index contributed by atoms with van der Waals surface area (Å²) in [5.41, 5.74) is -1.83. The van der Waals surface area contributed by atoms with Gasteiger partial charge in [-0.1, -0.05) is 0 Å². The zero-order valence-electron chi connectivity index (χ0n) is 9.79. The minimum absolute atomic E-state index is 0.465. The first-order valence-corrected chi connectivity index (χ1v) is 5.46. The normalized spacial score (nSPS) is 31.3. The molecule has 0 aliphatic carbocycles. The molecule has 1 aromatic heterocycles. The molecule has 9 heteroatoms. The molecule has 3 N–H and O–H groups in total. The smallest absolute Gasteiger partial charge is 0.330 e. The van der Waals surface area contributed by atoms with E-state index in [2.05, 4.69) is 0 Å². The molecule has 0 spiro atoms. The Labute approximate surface area is 105 Å². The number of aliphatic hydroxyl groups is 2. The van der Waals surface area contributed by atoms with Crippen molar-refractivity contribution in [3.8, 4) is 0 Å². The predicted molar refractivity (Wildman–Crippen MR) is 57.9 cm³/mol. The van der Waals surface area contributed by atoms with Crippen LogP contribution in [0.4, 0.5) is 8.78 Å². The van der Waals surface area contributed by atoms with E-state index in [1.165, 1.54) is 6.92 Å². The zero-order chi connectivity index (χ0) is 14.4. The standard InChI is InChI=1S/C10H12F2N2O5/c1-4(15)6-7(17)10(11,12)8(19-6)14-3-2-5(16)13-9(14)18/h2-4,6-8,15,17H,1H3,(H,13,16,18). The first kappa shape index (κ1) is 13.8. The lowest BCUT2D eigenvalue weighted by Gasteiger charge is -2.20. The van der Waals surface area contributed by atoms with Crippen LogP contribution in [0.1, 0.15) is 13.2 Å². The molecule has 0 radical (unpaired) electrons. The Hall–Kier alpha value is -1.58. The Kier molecular flexibility index (Phi) is 3.29. The van der Waals surface area contributed by atoms with Gasteiger partial charge in [-0.05, 0) is 6.92 Å². The van der Waals surface area contributed by atoms with Crippen molar-refractivity contribution < 1.29 is 23.7 Å². The number of aromatic amines is 1. The molecule has 106 valence electrons. The average Bonchev–Trinajstić information content (AvgIpc) is 2.52. The Balaban J connectivity index is 2.45. The Morgan fingerprint density at radius 3 is 2.63 bits per heavy atom. The molecule has 7 nitrogen and oxygen atoms in total. The van der Waals surface area contributed by atoms with Crippen molar-refractivity contribution in [2.45, 2.75) is 37.4 Å². The SMILES string of the molecule is CC(O)C1OC(n2ccc(=O)[nH]c2=O)C(F)(F)C1O. The summed E-state index contributed by atoms with van der Waals surface area (Å²) in [5, 5.41) is 18.7. The van der Waals surface area contributed by atoms with Crippen LogP contribution in [-0.4, -0.2) is 44.0 Å². The largest absolute Gasteiger partial charge is 0.391 e. The second-order valence-corrected chi connectivity index (χ2v) is 4.33. The van der Waals surface area contributed by atoms with E-state index in [0.29, 0.717) is 4.57 Å². The molecule has 1 aromatic rings. The third-order valence-corrected chi connectivity index (χ3v) is 2.90. The molecular weight excluding hydrogens is 266 g/mol. The van der Waals surface area contributed by atoms with Gasteiger partial charge in [-0.2, -0.15) is 8.78 Å². The van der Waals surface area contributed by atoms with E-state index in [-0.39, 0.29) is 0 Å². The summed E-state index contributed by atoms with van der Waals surface area (Å²) in [6.07, 6.45) is -6.37. The quantitative estimate of drug-likeness (QED) is 0.631. The number of rotatable bonds is 2. The molecular formula is C10H12F2N2O5. The van der Waals surface area contributed by atoms with Crippen LogP contribution in [0, 0.1) is 0 Å². The molecule has 0 amide bonds. The van der Waals surface area contributed by atoms with Gasteiger partial charge in [0.2, 0.25) is 6.23 Å². The zero-order valence-corrected chi connectivity index (χ0v) is 9.79. The number of nitrogens with one attached hydrogen (secondary N) is 1. The minimum Gasteiger partial charge on any atom is -0.391 e. The number of halogens is 2. The monoisotopic (exact) mass is 278 g/mol. The first-order valence-electron chi connectivity index (χ1n) is 5.46. The maximum Gasteiger partial charge on any atom is 0.330 e. The van der Waals surface area contributed by atoms with Crippen molar-refractivity contribution in [2.75, 3.05) is 0 Å². The molecule has 0 bridgehead atoms. The number of aliphatic hydroxyl groups excluding tert-OH is 2. The maximum atomic E-state index is 13.8. The molecule has 2 heterocycles. The highest BCUT2D eigenvalue weighted by Gasteiger charge is 2.60. The van der Waals surface area contributed by atoms with Gasteiger partial charge in [0, 0.05) is 12.3 Å². The number of alkyl halides is 2. The summed E-state index contributed by atoms with van der Waals surface area (Å²) in [4.78, 5) is 24.1. The number of ether oxygens (including phenoxy) is 1. The lowest BCUT2D eigenvalue weighted by molar-refractivity contribution is -0.141. The molecule has 1 aliphatic rings. The summed E-state index contributed by atoms with van der Waals surface area (Å²) in [6, 6.07) is 0.878. The predicted octanol–water partition coefficient (Wildman–Crippen LogP) is -1.19. The molecule has 4 unspecified atom stereocenters. The summed E-state index contributed by atoms with van der Waals surface area (Å²) >= 11 is 0. The Bertz CT molecular complexity index is 582. The van der Waals surface area contributed by atoms with E-state index in [1.54, 1.807) is 4.98 Å². The van der Waals surface area contributed by atoms with E-state index in [9.17, 15) is 28.6 Å². The Morgan fingerprint density at radius 2 is 2.16 bits per heavy atom.